The lowest BCUT2D eigenvalue weighted by Crippen LogP contribution is -2.73. The van der Waals surface area contributed by atoms with Crippen molar-refractivity contribution in [3.63, 3.8) is 0 Å². The zero-order valence-electron chi connectivity index (χ0n) is 13.8. The fourth-order valence-electron chi connectivity index (χ4n) is 1.88. The number of nitrogens with one attached hydrogen (secondary N) is 1. The third kappa shape index (κ3) is 3.72. The molecule has 1 aromatic carbocycles. The lowest BCUT2D eigenvalue weighted by atomic mass is 9.91. The van der Waals surface area contributed by atoms with E-state index >= 15 is 0 Å². The third-order valence-corrected chi connectivity index (χ3v) is 3.68. The van der Waals surface area contributed by atoms with Gasteiger partial charge < -0.3 is 5.32 Å². The van der Waals surface area contributed by atoms with Gasteiger partial charge in [-0.15, -0.1) is 0 Å². The Labute approximate surface area is 156 Å². The first-order valence-electron chi connectivity index (χ1n) is 7.20. The van der Waals surface area contributed by atoms with Gasteiger partial charge in [-0.1, -0.05) is 18.2 Å². The van der Waals surface area contributed by atoms with Crippen molar-refractivity contribution in [3.05, 3.63) is 30.3 Å². The first kappa shape index (κ1) is 26.0. The van der Waals surface area contributed by atoms with Crippen LogP contribution in [0.1, 0.15) is 0 Å². The molecule has 1 nitrogen and oxygen atoms in total. The Hall–Kier alpha value is -2.03. The number of hydrogen-bond acceptors (Lipinski definition) is 1. The number of benzene rings is 1. The molecule has 0 fully saturated rings. The summed E-state index contributed by atoms with van der Waals surface area (Å²) in [6.07, 6.45) is -7.61. The Balaban J connectivity index is 3.36. The van der Waals surface area contributed by atoms with E-state index in [-0.39, 0.29) is 0 Å². The number of rotatable bonds is 8. The highest BCUT2D eigenvalue weighted by molar-refractivity contribution is 5.42. The average molecular weight is 475 g/mol. The first-order valence-corrected chi connectivity index (χ1v) is 7.20. The second kappa shape index (κ2) is 7.28. The van der Waals surface area contributed by atoms with Crippen LogP contribution in [0, 0.1) is 0 Å². The molecule has 30 heavy (non-hydrogen) atoms. The Morgan fingerprint density at radius 2 is 0.867 bits per heavy atom. The highest BCUT2D eigenvalue weighted by Gasteiger charge is 2.93. The van der Waals surface area contributed by atoms with Crippen LogP contribution in [-0.2, 0) is 0 Å². The van der Waals surface area contributed by atoms with E-state index in [1.54, 1.807) is 0 Å². The van der Waals surface area contributed by atoms with Crippen LogP contribution in [0.25, 0.3) is 0 Å². The lowest BCUT2D eigenvalue weighted by molar-refractivity contribution is -0.451. The van der Waals surface area contributed by atoms with Gasteiger partial charge in [0.15, 0.2) is 0 Å². The van der Waals surface area contributed by atoms with Gasteiger partial charge in [0.1, 0.15) is 0 Å². The van der Waals surface area contributed by atoms with Gasteiger partial charge in [0, 0.05) is 5.69 Å². The summed E-state index contributed by atoms with van der Waals surface area (Å²) in [5, 5.41) is 1.38. The van der Waals surface area contributed by atoms with Crippen molar-refractivity contribution in [1.29, 1.82) is 0 Å². The van der Waals surface area contributed by atoms with E-state index in [0.717, 1.165) is 24.3 Å². The second-order valence-corrected chi connectivity index (χ2v) is 5.79. The van der Waals surface area contributed by atoms with Crippen molar-refractivity contribution in [2.24, 2.45) is 0 Å². The maximum Gasteiger partial charge on any atom is 0.460 e. The molecule has 1 aromatic rings. The summed E-state index contributed by atoms with van der Waals surface area (Å²) >= 11 is 0. The zero-order chi connectivity index (χ0) is 24.0. The fraction of sp³-hybridized carbons (Fsp3) is 0.571. The fourth-order valence-corrected chi connectivity index (χ4v) is 1.88. The largest absolute Gasteiger partial charge is 0.460 e. The van der Waals surface area contributed by atoms with E-state index in [1.807, 2.05) is 0 Å². The summed E-state index contributed by atoms with van der Waals surface area (Å²) in [5.74, 6) is -46.3. The van der Waals surface area contributed by atoms with Gasteiger partial charge in [-0.3, -0.25) is 0 Å². The number of anilines is 1. The van der Waals surface area contributed by atoms with Gasteiger partial charge in [-0.2, -0.15) is 65.9 Å². The average Bonchev–Trinajstić information content (AvgIpc) is 2.59. The molecule has 0 aliphatic carbocycles. The lowest BCUT2D eigenvalue weighted by Gasteiger charge is -2.41. The van der Waals surface area contributed by atoms with Gasteiger partial charge in [-0.25, -0.2) is 0 Å². The number of hydrogen-bond donors (Lipinski definition) is 1. The molecule has 0 radical (unpaired) electrons. The minimum Gasteiger partial charge on any atom is -0.379 e. The molecule has 0 atom stereocenters. The molecule has 16 heteroatoms. The van der Waals surface area contributed by atoms with E-state index in [0.29, 0.717) is 0 Å². The predicted molar refractivity (Wildman–Crippen MR) is 70.7 cm³/mol. The molecule has 0 heterocycles. The quantitative estimate of drug-likeness (QED) is 0.425. The van der Waals surface area contributed by atoms with Gasteiger partial charge in [0.2, 0.25) is 0 Å². The van der Waals surface area contributed by atoms with E-state index in [1.165, 1.54) is 11.4 Å². The Kier molecular flexibility index (Phi) is 6.31. The molecule has 0 amide bonds. The van der Waals surface area contributed by atoms with Crippen LogP contribution >= 0.6 is 0 Å². The molecule has 0 saturated heterocycles. The van der Waals surface area contributed by atoms with Crippen molar-refractivity contribution in [3.8, 4) is 0 Å². The first-order chi connectivity index (χ1) is 13.1. The molecule has 1 N–H and O–H groups in total. The van der Waals surface area contributed by atoms with E-state index in [4.69, 9.17) is 0 Å². The molecule has 0 aromatic heterocycles. The monoisotopic (exact) mass is 475 g/mol. The van der Waals surface area contributed by atoms with Crippen molar-refractivity contribution in [2.45, 2.75) is 41.7 Å². The van der Waals surface area contributed by atoms with Crippen LogP contribution in [0.3, 0.4) is 0 Å². The highest BCUT2D eigenvalue weighted by atomic mass is 19.4. The third-order valence-electron chi connectivity index (χ3n) is 3.68. The highest BCUT2D eigenvalue weighted by Crippen LogP contribution is 2.62. The van der Waals surface area contributed by atoms with Crippen LogP contribution in [-0.4, -0.2) is 48.3 Å². The molecule has 0 aliphatic heterocycles. The minimum absolute atomic E-state index is 0.461. The smallest absolute Gasteiger partial charge is 0.379 e. The maximum absolute atomic E-state index is 13.6. The van der Waals surface area contributed by atoms with Crippen molar-refractivity contribution < 1.29 is 65.9 Å². The number of para-hydroxylation sites is 1. The van der Waals surface area contributed by atoms with Crippen molar-refractivity contribution in [2.75, 3.05) is 11.9 Å². The van der Waals surface area contributed by atoms with Crippen LogP contribution in [0.15, 0.2) is 30.3 Å². The maximum atomic E-state index is 13.6. The number of alkyl halides is 15. The van der Waals surface area contributed by atoms with Crippen molar-refractivity contribution >= 4 is 5.69 Å². The molecule has 0 saturated carbocycles. The van der Waals surface area contributed by atoms with Crippen LogP contribution in [0.4, 0.5) is 71.5 Å². The Bertz CT molecular complexity index is 723. The van der Waals surface area contributed by atoms with Gasteiger partial charge in [-0.05, 0) is 12.1 Å². The van der Waals surface area contributed by atoms with E-state index < -0.39 is 53.9 Å². The number of halogens is 15. The summed E-state index contributed by atoms with van der Waals surface area (Å²) in [6.45, 7) is -2.60. The normalized spacial score (nSPS) is 15.3. The summed E-state index contributed by atoms with van der Waals surface area (Å²) < 4.78 is 195. The molecule has 0 aliphatic rings. The van der Waals surface area contributed by atoms with Crippen LogP contribution < -0.4 is 5.32 Å². The van der Waals surface area contributed by atoms with Gasteiger partial charge in [0.05, 0.1) is 6.54 Å². The molecule has 1 rings (SSSR count). The topological polar surface area (TPSA) is 12.0 Å². The van der Waals surface area contributed by atoms with E-state index in [2.05, 4.69) is 0 Å². The van der Waals surface area contributed by atoms with E-state index in [9.17, 15) is 65.9 Å². The standard InChI is InChI=1S/C14H8F15N/c15-8(16,6-30-7-4-2-1-3-5-7)9(17,18)10(19,20)11(21,22)12(23,24)13(25,26)14(27,28)29/h1-5,30H,6H2. The molecule has 174 valence electrons. The minimum atomic E-state index is -8.27. The molecule has 0 spiro atoms. The predicted octanol–water partition coefficient (Wildman–Crippen LogP) is 6.47. The Morgan fingerprint density at radius 1 is 0.500 bits per heavy atom. The summed E-state index contributed by atoms with van der Waals surface area (Å²) in [5.41, 5.74) is -0.461. The Morgan fingerprint density at radius 3 is 1.27 bits per heavy atom. The molecular formula is C14H8F15N. The van der Waals surface area contributed by atoms with Crippen molar-refractivity contribution in [1.82, 2.24) is 0 Å². The van der Waals surface area contributed by atoms with Gasteiger partial charge >= 0.3 is 41.7 Å². The summed E-state index contributed by atoms with van der Waals surface area (Å²) in [4.78, 5) is 0. The summed E-state index contributed by atoms with van der Waals surface area (Å²) in [7, 11) is 0. The molecule has 0 unspecified atom stereocenters. The van der Waals surface area contributed by atoms with Crippen LogP contribution in [0.5, 0.6) is 0 Å². The SMILES string of the molecule is FC(F)(F)C(F)(F)C(F)(F)C(F)(F)C(F)(F)C(F)(F)C(F)(F)CNc1ccccc1. The summed E-state index contributed by atoms with van der Waals surface area (Å²) in [6, 6.07) is 5.30. The molecule has 0 bridgehead atoms. The van der Waals surface area contributed by atoms with Crippen LogP contribution in [0.2, 0.25) is 0 Å². The van der Waals surface area contributed by atoms with Gasteiger partial charge in [0.25, 0.3) is 0 Å². The molecular weight excluding hydrogens is 467 g/mol. The second-order valence-electron chi connectivity index (χ2n) is 5.79. The zero-order valence-corrected chi connectivity index (χ0v) is 13.8.